The fourth-order valence-corrected chi connectivity index (χ4v) is 2.74. The molecule has 0 radical (unpaired) electrons. The standard InChI is InChI=1S/C15H23NO.ClH/c1-11-8-12(2)15(17)13(9-11)10-16-14-6-4-3-5-7-14;/h8-9,14,16-17H,3-7,10H2,1-2H3;1H. The zero-order valence-electron chi connectivity index (χ0n) is 11.3. The second-order valence-corrected chi connectivity index (χ2v) is 5.31. The number of hydrogen-bond acceptors (Lipinski definition) is 2. The molecule has 2 nitrogen and oxygen atoms in total. The van der Waals surface area contributed by atoms with Crippen LogP contribution in [0.5, 0.6) is 5.75 Å². The molecule has 0 unspecified atom stereocenters. The quantitative estimate of drug-likeness (QED) is 0.874. The van der Waals surface area contributed by atoms with Crippen molar-refractivity contribution in [2.45, 2.75) is 58.5 Å². The number of benzene rings is 1. The Morgan fingerprint density at radius 3 is 2.50 bits per heavy atom. The maximum atomic E-state index is 10.0. The van der Waals surface area contributed by atoms with Gasteiger partial charge in [-0.2, -0.15) is 0 Å². The lowest BCUT2D eigenvalue weighted by atomic mass is 9.95. The van der Waals surface area contributed by atoms with E-state index in [9.17, 15) is 5.11 Å². The van der Waals surface area contributed by atoms with Crippen LogP contribution in [-0.2, 0) is 6.54 Å². The number of halogens is 1. The highest BCUT2D eigenvalue weighted by molar-refractivity contribution is 5.85. The van der Waals surface area contributed by atoms with E-state index < -0.39 is 0 Å². The van der Waals surface area contributed by atoms with E-state index in [-0.39, 0.29) is 12.4 Å². The third-order valence-electron chi connectivity index (χ3n) is 3.71. The third kappa shape index (κ3) is 3.89. The van der Waals surface area contributed by atoms with Crippen molar-refractivity contribution in [1.29, 1.82) is 0 Å². The van der Waals surface area contributed by atoms with Gasteiger partial charge in [0.05, 0.1) is 0 Å². The summed E-state index contributed by atoms with van der Waals surface area (Å²) < 4.78 is 0. The molecule has 0 aliphatic heterocycles. The molecule has 0 atom stereocenters. The Balaban J connectivity index is 0.00000162. The first-order valence-electron chi connectivity index (χ1n) is 6.69. The molecule has 2 N–H and O–H groups in total. The molecule has 0 aromatic heterocycles. The second-order valence-electron chi connectivity index (χ2n) is 5.31. The van der Waals surface area contributed by atoms with Crippen molar-refractivity contribution in [3.8, 4) is 5.75 Å². The predicted octanol–water partition coefficient (Wildman–Crippen LogP) is 3.85. The van der Waals surface area contributed by atoms with Gasteiger partial charge in [-0.1, -0.05) is 37.0 Å². The number of phenolic OH excluding ortho intramolecular Hbond substituents is 1. The first-order valence-corrected chi connectivity index (χ1v) is 6.69. The number of phenols is 1. The summed E-state index contributed by atoms with van der Waals surface area (Å²) in [5, 5.41) is 13.6. The minimum atomic E-state index is 0. The monoisotopic (exact) mass is 269 g/mol. The Bertz CT molecular complexity index is 386. The van der Waals surface area contributed by atoms with E-state index >= 15 is 0 Å². The summed E-state index contributed by atoms with van der Waals surface area (Å²) >= 11 is 0. The summed E-state index contributed by atoms with van der Waals surface area (Å²) in [5.41, 5.74) is 3.24. The molecule has 1 fully saturated rings. The molecule has 1 aromatic rings. The second kappa shape index (κ2) is 7.01. The largest absolute Gasteiger partial charge is 0.507 e. The summed E-state index contributed by atoms with van der Waals surface area (Å²) in [6.45, 7) is 4.84. The van der Waals surface area contributed by atoms with Gasteiger partial charge in [-0.25, -0.2) is 0 Å². The number of aryl methyl sites for hydroxylation is 2. The van der Waals surface area contributed by atoms with E-state index in [1.165, 1.54) is 37.7 Å². The van der Waals surface area contributed by atoms with Crippen molar-refractivity contribution < 1.29 is 5.11 Å². The van der Waals surface area contributed by atoms with Crippen LogP contribution in [0.15, 0.2) is 12.1 Å². The van der Waals surface area contributed by atoms with Crippen molar-refractivity contribution in [3.05, 3.63) is 28.8 Å². The average Bonchev–Trinajstić information content (AvgIpc) is 2.33. The lowest BCUT2D eigenvalue weighted by Gasteiger charge is -2.23. The molecule has 1 aromatic carbocycles. The van der Waals surface area contributed by atoms with Gasteiger partial charge >= 0.3 is 0 Å². The van der Waals surface area contributed by atoms with Gasteiger partial charge in [0.2, 0.25) is 0 Å². The average molecular weight is 270 g/mol. The van der Waals surface area contributed by atoms with E-state index in [1.807, 2.05) is 13.0 Å². The van der Waals surface area contributed by atoms with E-state index in [1.54, 1.807) is 0 Å². The van der Waals surface area contributed by atoms with Crippen LogP contribution >= 0.6 is 12.4 Å². The maximum Gasteiger partial charge on any atom is 0.122 e. The van der Waals surface area contributed by atoms with E-state index in [0.717, 1.165) is 17.7 Å². The van der Waals surface area contributed by atoms with Crippen molar-refractivity contribution in [3.63, 3.8) is 0 Å². The van der Waals surface area contributed by atoms with E-state index in [2.05, 4.69) is 18.3 Å². The normalized spacial score (nSPS) is 16.3. The van der Waals surface area contributed by atoms with Gasteiger partial charge < -0.3 is 10.4 Å². The predicted molar refractivity (Wildman–Crippen MR) is 78.5 cm³/mol. The summed E-state index contributed by atoms with van der Waals surface area (Å²) in [6.07, 6.45) is 6.64. The first kappa shape index (κ1) is 15.3. The lowest BCUT2D eigenvalue weighted by Crippen LogP contribution is -2.30. The Morgan fingerprint density at radius 2 is 1.83 bits per heavy atom. The molecular weight excluding hydrogens is 246 g/mol. The van der Waals surface area contributed by atoms with Crippen molar-refractivity contribution >= 4 is 12.4 Å². The fraction of sp³-hybridized carbons (Fsp3) is 0.600. The number of nitrogens with one attached hydrogen (secondary N) is 1. The van der Waals surface area contributed by atoms with Crippen LogP contribution in [0.2, 0.25) is 0 Å². The Labute approximate surface area is 116 Å². The molecule has 3 heteroatoms. The minimum Gasteiger partial charge on any atom is -0.507 e. The van der Waals surface area contributed by atoms with Gasteiger partial charge in [0.25, 0.3) is 0 Å². The highest BCUT2D eigenvalue weighted by Crippen LogP contribution is 2.24. The smallest absolute Gasteiger partial charge is 0.122 e. The van der Waals surface area contributed by atoms with Crippen LogP contribution in [0.25, 0.3) is 0 Å². The third-order valence-corrected chi connectivity index (χ3v) is 3.71. The van der Waals surface area contributed by atoms with E-state index in [4.69, 9.17) is 0 Å². The number of hydrogen-bond donors (Lipinski definition) is 2. The zero-order chi connectivity index (χ0) is 12.3. The summed E-state index contributed by atoms with van der Waals surface area (Å²) in [5.74, 6) is 0.457. The van der Waals surface area contributed by atoms with Crippen LogP contribution < -0.4 is 5.32 Å². The molecule has 0 bridgehead atoms. The van der Waals surface area contributed by atoms with Crippen LogP contribution in [0.4, 0.5) is 0 Å². The molecule has 0 saturated heterocycles. The lowest BCUT2D eigenvalue weighted by molar-refractivity contribution is 0.368. The summed E-state index contributed by atoms with van der Waals surface area (Å²) in [4.78, 5) is 0. The van der Waals surface area contributed by atoms with Crippen LogP contribution in [0, 0.1) is 13.8 Å². The van der Waals surface area contributed by atoms with Gasteiger partial charge in [0.1, 0.15) is 5.75 Å². The fourth-order valence-electron chi connectivity index (χ4n) is 2.74. The molecule has 1 saturated carbocycles. The van der Waals surface area contributed by atoms with Crippen molar-refractivity contribution in [2.75, 3.05) is 0 Å². The van der Waals surface area contributed by atoms with Crippen LogP contribution in [0.3, 0.4) is 0 Å². The molecular formula is C15H24ClNO. The molecule has 1 aliphatic carbocycles. The Kier molecular flexibility index (Phi) is 5.97. The Hall–Kier alpha value is -0.730. The van der Waals surface area contributed by atoms with Gasteiger partial charge in [-0.15, -0.1) is 12.4 Å². The molecule has 0 spiro atoms. The molecule has 1 aliphatic rings. The van der Waals surface area contributed by atoms with Crippen molar-refractivity contribution in [1.82, 2.24) is 5.32 Å². The topological polar surface area (TPSA) is 32.3 Å². The minimum absolute atomic E-state index is 0. The zero-order valence-corrected chi connectivity index (χ0v) is 12.1. The molecule has 2 rings (SSSR count). The van der Waals surface area contributed by atoms with Gasteiger partial charge in [-0.3, -0.25) is 0 Å². The highest BCUT2D eigenvalue weighted by Gasteiger charge is 2.13. The summed E-state index contributed by atoms with van der Waals surface area (Å²) in [6, 6.07) is 4.75. The molecule has 18 heavy (non-hydrogen) atoms. The van der Waals surface area contributed by atoms with Crippen LogP contribution in [-0.4, -0.2) is 11.1 Å². The first-order chi connectivity index (χ1) is 8.16. The Morgan fingerprint density at radius 1 is 1.17 bits per heavy atom. The molecule has 102 valence electrons. The molecule has 0 heterocycles. The highest BCUT2D eigenvalue weighted by atomic mass is 35.5. The van der Waals surface area contributed by atoms with Crippen molar-refractivity contribution in [2.24, 2.45) is 0 Å². The van der Waals surface area contributed by atoms with E-state index in [0.29, 0.717) is 11.8 Å². The maximum absolute atomic E-state index is 10.0. The van der Waals surface area contributed by atoms with Gasteiger partial charge in [0.15, 0.2) is 0 Å². The number of aromatic hydroxyl groups is 1. The SMILES string of the molecule is Cc1cc(C)c(O)c(CNC2CCCCC2)c1.Cl. The van der Waals surface area contributed by atoms with Gasteiger partial charge in [0, 0.05) is 18.2 Å². The van der Waals surface area contributed by atoms with Crippen LogP contribution in [0.1, 0.15) is 48.8 Å². The van der Waals surface area contributed by atoms with Gasteiger partial charge in [-0.05, 0) is 32.3 Å². The molecule has 0 amide bonds. The summed E-state index contributed by atoms with van der Waals surface area (Å²) in [7, 11) is 0. The number of rotatable bonds is 3.